The van der Waals surface area contributed by atoms with Crippen LogP contribution in [-0.2, 0) is 17.5 Å². The normalized spacial score (nSPS) is 19.7. The average molecular weight is 370 g/mol. The molecule has 25 heavy (non-hydrogen) atoms. The van der Waals surface area contributed by atoms with Gasteiger partial charge in [-0.2, -0.15) is 18.3 Å². The van der Waals surface area contributed by atoms with Crippen LogP contribution in [0.25, 0.3) is 0 Å². The zero-order chi connectivity index (χ0) is 18.2. The minimum absolute atomic E-state index is 0.143. The van der Waals surface area contributed by atoms with Crippen molar-refractivity contribution in [2.24, 2.45) is 5.92 Å². The van der Waals surface area contributed by atoms with Crippen molar-refractivity contribution in [2.75, 3.05) is 6.54 Å². The van der Waals surface area contributed by atoms with E-state index in [4.69, 9.17) is 12.2 Å². The highest BCUT2D eigenvalue weighted by Gasteiger charge is 2.44. The van der Waals surface area contributed by atoms with Crippen LogP contribution in [0.15, 0.2) is 24.3 Å². The third-order valence-electron chi connectivity index (χ3n) is 4.35. The zero-order valence-corrected chi connectivity index (χ0v) is 14.2. The third-order valence-corrected chi connectivity index (χ3v) is 4.66. The molecule has 134 valence electrons. The lowest BCUT2D eigenvalue weighted by molar-refractivity contribution is -0.137. The van der Waals surface area contributed by atoms with Gasteiger partial charge in [-0.3, -0.25) is 9.89 Å². The lowest BCUT2D eigenvalue weighted by Crippen LogP contribution is -2.29. The molecule has 2 atom stereocenters. The summed E-state index contributed by atoms with van der Waals surface area (Å²) in [7, 11) is 0. The van der Waals surface area contributed by atoms with Crippen LogP contribution < -0.4 is 5.32 Å². The molecule has 0 radical (unpaired) electrons. The van der Waals surface area contributed by atoms with Crippen molar-refractivity contribution in [3.05, 3.63) is 46.0 Å². The number of aryl methyl sites for hydroxylation is 1. The predicted octanol–water partition coefficient (Wildman–Crippen LogP) is 3.19. The van der Waals surface area contributed by atoms with Gasteiger partial charge in [-0.25, -0.2) is 0 Å². The number of aromatic amines is 1. The zero-order valence-electron chi connectivity index (χ0n) is 13.4. The highest BCUT2D eigenvalue weighted by Crippen LogP contribution is 2.48. The monoisotopic (exact) mass is 370 g/mol. The second-order valence-electron chi connectivity index (χ2n) is 6.09. The summed E-state index contributed by atoms with van der Waals surface area (Å²) in [4.78, 5) is 12.2. The topological polar surface area (TPSA) is 62.7 Å². The number of rotatable bonds is 5. The molecular weight excluding hydrogens is 353 g/mol. The minimum atomic E-state index is -4.37. The number of halogens is 3. The highest BCUT2D eigenvalue weighted by atomic mass is 32.1. The van der Waals surface area contributed by atoms with Gasteiger partial charge < -0.3 is 9.88 Å². The Bertz CT molecular complexity index is 842. The first-order chi connectivity index (χ1) is 11.8. The minimum Gasteiger partial charge on any atom is -0.354 e. The fraction of sp³-hybridized carbons (Fsp3) is 0.438. The smallest absolute Gasteiger partial charge is 0.354 e. The molecule has 5 nitrogen and oxygen atoms in total. The Balaban J connectivity index is 1.55. The molecule has 0 unspecified atom stereocenters. The fourth-order valence-corrected chi connectivity index (χ4v) is 3.15. The number of benzene rings is 1. The maximum absolute atomic E-state index is 12.8. The highest BCUT2D eigenvalue weighted by molar-refractivity contribution is 7.71. The number of H-pyrrole nitrogens is 1. The Kier molecular flexibility index (Phi) is 4.68. The summed E-state index contributed by atoms with van der Waals surface area (Å²) >= 11 is 5.08. The molecule has 0 spiro atoms. The van der Waals surface area contributed by atoms with E-state index >= 15 is 0 Å². The van der Waals surface area contributed by atoms with Crippen molar-refractivity contribution in [2.45, 2.75) is 32.0 Å². The van der Waals surface area contributed by atoms with Crippen molar-refractivity contribution in [3.8, 4) is 0 Å². The van der Waals surface area contributed by atoms with Crippen molar-refractivity contribution in [1.82, 2.24) is 20.1 Å². The molecule has 0 bridgehead atoms. The van der Waals surface area contributed by atoms with E-state index in [0.717, 1.165) is 18.0 Å². The van der Waals surface area contributed by atoms with Crippen LogP contribution in [0, 0.1) is 17.6 Å². The first-order valence-corrected chi connectivity index (χ1v) is 8.25. The van der Waals surface area contributed by atoms with Gasteiger partial charge in [0.1, 0.15) is 5.82 Å². The Hall–Kier alpha value is -2.16. The van der Waals surface area contributed by atoms with Gasteiger partial charge in [0.15, 0.2) is 4.77 Å². The second-order valence-corrected chi connectivity index (χ2v) is 6.48. The Morgan fingerprint density at radius 1 is 1.48 bits per heavy atom. The van der Waals surface area contributed by atoms with Gasteiger partial charge in [-0.15, -0.1) is 0 Å². The summed E-state index contributed by atoms with van der Waals surface area (Å²) in [5.41, 5.74) is -0.122. The van der Waals surface area contributed by atoms with Crippen LogP contribution in [0.5, 0.6) is 0 Å². The van der Waals surface area contributed by atoms with Crippen LogP contribution in [0.1, 0.15) is 29.3 Å². The van der Waals surface area contributed by atoms with Crippen LogP contribution in [-0.4, -0.2) is 27.2 Å². The van der Waals surface area contributed by atoms with E-state index < -0.39 is 11.7 Å². The van der Waals surface area contributed by atoms with E-state index in [9.17, 15) is 18.0 Å². The molecule has 1 heterocycles. The van der Waals surface area contributed by atoms with Crippen molar-refractivity contribution >= 4 is 18.1 Å². The first kappa shape index (κ1) is 17.7. The summed E-state index contributed by atoms with van der Waals surface area (Å²) in [5.74, 6) is 0.157. The summed E-state index contributed by atoms with van der Waals surface area (Å²) in [5, 5.41) is 9.46. The van der Waals surface area contributed by atoms with Crippen LogP contribution in [0.4, 0.5) is 13.2 Å². The number of nitrogens with zero attached hydrogens (tertiary/aromatic N) is 2. The first-order valence-electron chi connectivity index (χ1n) is 7.84. The molecule has 1 aliphatic rings. The lowest BCUT2D eigenvalue weighted by Gasteiger charge is -2.09. The van der Waals surface area contributed by atoms with Gasteiger partial charge in [-0.1, -0.05) is 18.2 Å². The van der Waals surface area contributed by atoms with E-state index in [0.29, 0.717) is 29.8 Å². The van der Waals surface area contributed by atoms with Crippen LogP contribution >= 0.6 is 12.2 Å². The summed E-state index contributed by atoms with van der Waals surface area (Å²) in [6.45, 7) is 2.69. The van der Waals surface area contributed by atoms with E-state index in [1.807, 2.05) is 0 Å². The largest absolute Gasteiger partial charge is 0.416 e. The molecule has 1 amide bonds. The van der Waals surface area contributed by atoms with Gasteiger partial charge in [-0.05, 0) is 43.1 Å². The van der Waals surface area contributed by atoms with E-state index in [-0.39, 0.29) is 17.7 Å². The lowest BCUT2D eigenvalue weighted by atomic mass is 10.1. The van der Waals surface area contributed by atoms with E-state index in [1.54, 1.807) is 17.6 Å². The number of hydrogen-bond donors (Lipinski definition) is 2. The summed E-state index contributed by atoms with van der Waals surface area (Å²) in [6.07, 6.45) is -3.80. The Morgan fingerprint density at radius 2 is 2.24 bits per heavy atom. The summed E-state index contributed by atoms with van der Waals surface area (Å²) in [6, 6.07) is 5.19. The number of aromatic nitrogens is 3. The molecule has 9 heteroatoms. The molecule has 1 saturated carbocycles. The van der Waals surface area contributed by atoms with Gasteiger partial charge in [0, 0.05) is 19.0 Å². The van der Waals surface area contributed by atoms with Crippen LogP contribution in [0.2, 0.25) is 0 Å². The number of amides is 1. The maximum atomic E-state index is 12.8. The maximum Gasteiger partial charge on any atom is 0.416 e. The summed E-state index contributed by atoms with van der Waals surface area (Å²) < 4.78 is 40.6. The fourth-order valence-electron chi connectivity index (χ4n) is 2.88. The van der Waals surface area contributed by atoms with Crippen molar-refractivity contribution < 1.29 is 18.0 Å². The molecule has 2 aromatic rings. The Labute approximate surface area is 147 Å². The van der Waals surface area contributed by atoms with Gasteiger partial charge in [0.2, 0.25) is 5.91 Å². The molecule has 2 N–H and O–H groups in total. The van der Waals surface area contributed by atoms with Gasteiger partial charge in [0.25, 0.3) is 0 Å². The number of carbonyl (C=O) groups excluding carboxylic acids is 1. The molecule has 3 rings (SSSR count). The molecule has 1 aromatic carbocycles. The third kappa shape index (κ3) is 3.92. The Morgan fingerprint density at radius 3 is 2.88 bits per heavy atom. The SMILES string of the molecule is Cc1n[nH]c(=S)n1CCNC(=O)[C@H]1C[C@H]1c1cccc(C(F)(F)F)c1. The van der Waals surface area contributed by atoms with Gasteiger partial charge >= 0.3 is 6.18 Å². The second kappa shape index (κ2) is 6.62. The molecular formula is C16H17F3N4OS. The number of nitrogens with one attached hydrogen (secondary N) is 2. The van der Waals surface area contributed by atoms with Crippen molar-refractivity contribution in [3.63, 3.8) is 0 Å². The quantitative estimate of drug-likeness (QED) is 0.795. The number of alkyl halides is 3. The molecule has 0 saturated heterocycles. The average Bonchev–Trinajstić information content (AvgIpc) is 3.30. The molecule has 1 fully saturated rings. The van der Waals surface area contributed by atoms with E-state index in [1.165, 1.54) is 6.07 Å². The van der Waals surface area contributed by atoms with Gasteiger partial charge in [0.05, 0.1) is 5.56 Å². The molecule has 1 aromatic heterocycles. The van der Waals surface area contributed by atoms with E-state index in [2.05, 4.69) is 15.5 Å². The standard InChI is InChI=1S/C16H17F3N4OS/c1-9-21-22-15(25)23(9)6-5-20-14(24)13-8-12(13)10-3-2-4-11(7-10)16(17,18)19/h2-4,7,12-13H,5-6,8H2,1H3,(H,20,24)(H,22,25)/t12-,13-/m0/s1. The predicted molar refractivity (Wildman–Crippen MR) is 87.5 cm³/mol. The van der Waals surface area contributed by atoms with Crippen molar-refractivity contribution in [1.29, 1.82) is 0 Å². The van der Waals surface area contributed by atoms with Crippen LogP contribution in [0.3, 0.4) is 0 Å². The molecule has 0 aliphatic heterocycles. The number of carbonyl (C=O) groups is 1. The molecule has 1 aliphatic carbocycles. The number of hydrogen-bond acceptors (Lipinski definition) is 3.